The van der Waals surface area contributed by atoms with E-state index < -0.39 is 0 Å². The van der Waals surface area contributed by atoms with Gasteiger partial charge in [0.2, 0.25) is 0 Å². The van der Waals surface area contributed by atoms with Crippen LogP contribution >= 0.6 is 0 Å². The van der Waals surface area contributed by atoms with Gasteiger partial charge in [-0.15, -0.1) is 0 Å². The van der Waals surface area contributed by atoms with Gasteiger partial charge in [0.25, 0.3) is 0 Å². The van der Waals surface area contributed by atoms with Crippen molar-refractivity contribution >= 4 is 0 Å². The molecule has 0 aromatic carbocycles. The predicted molar refractivity (Wildman–Crippen MR) is 70.6 cm³/mol. The zero-order valence-electron chi connectivity index (χ0n) is 11.3. The van der Waals surface area contributed by atoms with Crippen molar-refractivity contribution in [2.24, 2.45) is 5.92 Å². The van der Waals surface area contributed by atoms with Crippen molar-refractivity contribution < 1.29 is 9.84 Å². The molecule has 3 rings (SSSR count). The van der Waals surface area contributed by atoms with Gasteiger partial charge in [0.15, 0.2) is 0 Å². The molecule has 1 N–H and O–H groups in total. The van der Waals surface area contributed by atoms with Crippen molar-refractivity contribution in [1.29, 1.82) is 0 Å². The lowest BCUT2D eigenvalue weighted by atomic mass is 9.97. The predicted octanol–water partition coefficient (Wildman–Crippen LogP) is 0.554. The van der Waals surface area contributed by atoms with Crippen molar-refractivity contribution in [2.75, 3.05) is 45.9 Å². The third kappa shape index (κ3) is 2.87. The van der Waals surface area contributed by atoms with Gasteiger partial charge in [-0.25, -0.2) is 0 Å². The molecule has 3 aliphatic heterocycles. The van der Waals surface area contributed by atoms with Crippen LogP contribution in [0.2, 0.25) is 0 Å². The first-order valence-corrected chi connectivity index (χ1v) is 7.55. The molecule has 0 radical (unpaired) electrons. The third-order valence-corrected chi connectivity index (χ3v) is 4.88. The minimum atomic E-state index is -0.192. The number of fused-ring (bicyclic) bond motifs is 1. The van der Waals surface area contributed by atoms with Crippen molar-refractivity contribution in [3.8, 4) is 0 Å². The summed E-state index contributed by atoms with van der Waals surface area (Å²) in [6.07, 6.45) is 4.94. The molecule has 4 heteroatoms. The average Bonchev–Trinajstić information content (AvgIpc) is 2.92. The number of hydrogen-bond donors (Lipinski definition) is 1. The van der Waals surface area contributed by atoms with Crippen molar-refractivity contribution in [1.82, 2.24) is 9.80 Å². The normalized spacial score (nSPS) is 36.5. The highest BCUT2D eigenvalue weighted by atomic mass is 16.5. The van der Waals surface area contributed by atoms with Crippen LogP contribution in [0, 0.1) is 5.92 Å². The van der Waals surface area contributed by atoms with Gasteiger partial charge in [-0.2, -0.15) is 0 Å². The van der Waals surface area contributed by atoms with E-state index in [2.05, 4.69) is 9.80 Å². The van der Waals surface area contributed by atoms with Crippen LogP contribution in [0.1, 0.15) is 25.7 Å². The molecule has 18 heavy (non-hydrogen) atoms. The fourth-order valence-corrected chi connectivity index (χ4v) is 3.66. The summed E-state index contributed by atoms with van der Waals surface area (Å²) in [5.74, 6) is 0.370. The Balaban J connectivity index is 1.48. The zero-order chi connectivity index (χ0) is 12.4. The summed E-state index contributed by atoms with van der Waals surface area (Å²) in [4.78, 5) is 5.11. The Morgan fingerprint density at radius 1 is 1.17 bits per heavy atom. The first-order chi connectivity index (χ1) is 8.83. The maximum atomic E-state index is 10.3. The lowest BCUT2D eigenvalue weighted by Crippen LogP contribution is -2.56. The second-order valence-electron chi connectivity index (χ2n) is 6.14. The molecule has 0 aromatic heterocycles. The van der Waals surface area contributed by atoms with E-state index in [-0.39, 0.29) is 6.10 Å². The van der Waals surface area contributed by atoms with Gasteiger partial charge in [0.1, 0.15) is 0 Å². The Kier molecular flexibility index (Phi) is 4.19. The minimum absolute atomic E-state index is 0.192. The van der Waals surface area contributed by atoms with Crippen LogP contribution in [0.15, 0.2) is 0 Å². The second-order valence-corrected chi connectivity index (χ2v) is 6.14. The van der Waals surface area contributed by atoms with Crippen LogP contribution in [0.5, 0.6) is 0 Å². The molecule has 3 atom stereocenters. The fraction of sp³-hybridized carbons (Fsp3) is 1.00. The van der Waals surface area contributed by atoms with Gasteiger partial charge in [0.05, 0.1) is 12.7 Å². The molecule has 3 saturated heterocycles. The zero-order valence-corrected chi connectivity index (χ0v) is 11.3. The van der Waals surface area contributed by atoms with Crippen molar-refractivity contribution in [2.45, 2.75) is 37.8 Å². The summed E-state index contributed by atoms with van der Waals surface area (Å²) in [6.45, 7) is 7.20. The highest BCUT2D eigenvalue weighted by Crippen LogP contribution is 2.23. The second kappa shape index (κ2) is 5.87. The smallest absolute Gasteiger partial charge is 0.0718 e. The molecular weight excluding hydrogens is 228 g/mol. The van der Waals surface area contributed by atoms with E-state index in [1.807, 2.05) is 0 Å². The molecule has 3 fully saturated rings. The Bertz CT molecular complexity index is 269. The Labute approximate surface area is 110 Å². The summed E-state index contributed by atoms with van der Waals surface area (Å²) < 4.78 is 5.37. The highest BCUT2D eigenvalue weighted by molar-refractivity contribution is 4.87. The topological polar surface area (TPSA) is 35.9 Å². The monoisotopic (exact) mass is 254 g/mol. The molecule has 0 spiro atoms. The molecule has 0 aromatic rings. The average molecular weight is 254 g/mol. The number of rotatable bonds is 3. The van der Waals surface area contributed by atoms with Gasteiger partial charge < -0.3 is 9.84 Å². The van der Waals surface area contributed by atoms with E-state index in [0.717, 1.165) is 45.3 Å². The maximum absolute atomic E-state index is 10.3. The molecule has 0 bridgehead atoms. The van der Waals surface area contributed by atoms with Crippen LogP contribution in [-0.4, -0.2) is 73.0 Å². The molecule has 104 valence electrons. The molecule has 3 aliphatic rings. The first-order valence-electron chi connectivity index (χ1n) is 7.55. The van der Waals surface area contributed by atoms with Crippen LogP contribution in [0.25, 0.3) is 0 Å². The van der Waals surface area contributed by atoms with Crippen LogP contribution in [0.3, 0.4) is 0 Å². The number of nitrogens with zero attached hydrogens (tertiary/aromatic N) is 2. The van der Waals surface area contributed by atoms with Crippen LogP contribution in [-0.2, 0) is 4.74 Å². The van der Waals surface area contributed by atoms with E-state index >= 15 is 0 Å². The summed E-state index contributed by atoms with van der Waals surface area (Å²) in [7, 11) is 0. The standard InChI is InChI=1S/C14H26N2O2/c17-14(12-4-8-18-11-12)10-15-6-7-16-5-2-1-3-13(16)9-15/h12-14,17H,1-11H2. The van der Waals surface area contributed by atoms with E-state index in [1.165, 1.54) is 32.4 Å². The minimum Gasteiger partial charge on any atom is -0.391 e. The SMILES string of the molecule is OC(CN1CCN2CCCCC2C1)C1CCOC1. The van der Waals surface area contributed by atoms with Gasteiger partial charge in [-0.3, -0.25) is 9.80 Å². The Hall–Kier alpha value is -0.160. The van der Waals surface area contributed by atoms with E-state index in [4.69, 9.17) is 4.74 Å². The number of hydrogen-bond acceptors (Lipinski definition) is 4. The lowest BCUT2D eigenvalue weighted by Gasteiger charge is -2.44. The summed E-state index contributed by atoms with van der Waals surface area (Å²) in [5, 5.41) is 10.3. The lowest BCUT2D eigenvalue weighted by molar-refractivity contribution is 0.00636. The summed E-state index contributed by atoms with van der Waals surface area (Å²) in [6, 6.07) is 0.750. The fourth-order valence-electron chi connectivity index (χ4n) is 3.66. The summed E-state index contributed by atoms with van der Waals surface area (Å²) in [5.41, 5.74) is 0. The van der Waals surface area contributed by atoms with Crippen molar-refractivity contribution in [3.63, 3.8) is 0 Å². The van der Waals surface area contributed by atoms with Gasteiger partial charge in [-0.1, -0.05) is 6.42 Å². The Morgan fingerprint density at radius 2 is 2.11 bits per heavy atom. The molecule has 4 nitrogen and oxygen atoms in total. The van der Waals surface area contributed by atoms with Crippen molar-refractivity contribution in [3.05, 3.63) is 0 Å². The van der Waals surface area contributed by atoms with Gasteiger partial charge >= 0.3 is 0 Å². The number of aliphatic hydroxyl groups excluding tert-OH is 1. The van der Waals surface area contributed by atoms with Crippen LogP contribution < -0.4 is 0 Å². The number of ether oxygens (including phenoxy) is 1. The molecule has 3 heterocycles. The molecular formula is C14H26N2O2. The van der Waals surface area contributed by atoms with E-state index in [0.29, 0.717) is 5.92 Å². The molecule has 0 aliphatic carbocycles. The number of β-amino-alcohol motifs (C(OH)–C–C–N with tert-alkyl or cyclic N) is 1. The molecule has 0 amide bonds. The highest BCUT2D eigenvalue weighted by Gasteiger charge is 2.31. The number of aliphatic hydroxyl groups is 1. The van der Waals surface area contributed by atoms with E-state index in [9.17, 15) is 5.11 Å². The largest absolute Gasteiger partial charge is 0.391 e. The summed E-state index contributed by atoms with van der Waals surface area (Å²) >= 11 is 0. The molecule has 0 saturated carbocycles. The number of piperazine rings is 1. The van der Waals surface area contributed by atoms with E-state index in [1.54, 1.807) is 0 Å². The Morgan fingerprint density at radius 3 is 2.94 bits per heavy atom. The maximum Gasteiger partial charge on any atom is 0.0718 e. The quantitative estimate of drug-likeness (QED) is 0.798. The first kappa shape index (κ1) is 12.9. The third-order valence-electron chi connectivity index (χ3n) is 4.88. The van der Waals surface area contributed by atoms with Gasteiger partial charge in [-0.05, 0) is 25.8 Å². The number of piperidine rings is 1. The van der Waals surface area contributed by atoms with Gasteiger partial charge in [0, 0.05) is 44.7 Å². The molecule has 3 unspecified atom stereocenters. The van der Waals surface area contributed by atoms with Crippen LogP contribution in [0.4, 0.5) is 0 Å².